The molecule has 0 bridgehead atoms. The second kappa shape index (κ2) is 9.77. The lowest BCUT2D eigenvalue weighted by Gasteiger charge is -2.44. The Labute approximate surface area is 192 Å². The maximum Gasteiger partial charge on any atom is 0.321 e. The molecule has 1 unspecified atom stereocenters. The van der Waals surface area contributed by atoms with Crippen molar-refractivity contribution in [1.82, 2.24) is 9.80 Å². The number of halogens is 1. The van der Waals surface area contributed by atoms with E-state index in [1.807, 2.05) is 24.4 Å². The number of piperazine rings is 1. The lowest BCUT2D eigenvalue weighted by molar-refractivity contribution is 0.120. The van der Waals surface area contributed by atoms with Gasteiger partial charge in [0.15, 0.2) is 0 Å². The number of fused-ring (bicyclic) bond motifs is 1. The minimum absolute atomic E-state index is 0.0652. The van der Waals surface area contributed by atoms with Crippen LogP contribution in [-0.2, 0) is 6.42 Å². The zero-order valence-corrected chi connectivity index (χ0v) is 18.7. The number of ether oxygens (including phenoxy) is 1. The van der Waals surface area contributed by atoms with Crippen LogP contribution in [0, 0.1) is 23.2 Å². The molecule has 1 saturated heterocycles. The number of amides is 2. The van der Waals surface area contributed by atoms with E-state index < -0.39 is 5.82 Å². The summed E-state index contributed by atoms with van der Waals surface area (Å²) >= 11 is 0. The number of hydrogen-bond donors (Lipinski definition) is 2. The van der Waals surface area contributed by atoms with Gasteiger partial charge >= 0.3 is 6.03 Å². The van der Waals surface area contributed by atoms with Gasteiger partial charge in [0.05, 0.1) is 12.6 Å². The smallest absolute Gasteiger partial charge is 0.321 e. The van der Waals surface area contributed by atoms with Gasteiger partial charge in [-0.25, -0.2) is 9.18 Å². The van der Waals surface area contributed by atoms with E-state index in [0.29, 0.717) is 37.9 Å². The molecule has 9 heteroatoms. The van der Waals surface area contributed by atoms with Gasteiger partial charge in [-0.3, -0.25) is 0 Å². The number of nitrogens with one attached hydrogen (secondary N) is 2. The minimum atomic E-state index is -0.404. The molecule has 0 spiro atoms. The lowest BCUT2D eigenvalue weighted by Crippen LogP contribution is -2.60. The standard InChI is InChI=1S/C24H27FN6O2/c1-16(2)21-14-30(24(32)28-18-6-3-5-17(25)13-18)10-11-31(21)23(27-15-26)29-20-7-4-8-22-19(20)9-12-33-22/h3-8,13,16,21H,9-12,14H2,1-2H3,(H,27,29)(H,28,32). The quantitative estimate of drug-likeness (QED) is 0.421. The van der Waals surface area contributed by atoms with E-state index in [1.54, 1.807) is 17.0 Å². The molecule has 0 saturated carbocycles. The van der Waals surface area contributed by atoms with Crippen LogP contribution in [0.5, 0.6) is 5.75 Å². The van der Waals surface area contributed by atoms with Crippen molar-refractivity contribution in [3.05, 3.63) is 53.8 Å². The molecule has 4 rings (SSSR count). The van der Waals surface area contributed by atoms with Crippen molar-refractivity contribution in [2.45, 2.75) is 26.3 Å². The first-order chi connectivity index (χ1) is 16.0. The molecule has 1 fully saturated rings. The fourth-order valence-corrected chi connectivity index (χ4v) is 4.27. The highest BCUT2D eigenvalue weighted by Crippen LogP contribution is 2.32. The van der Waals surface area contributed by atoms with Gasteiger partial charge in [-0.15, -0.1) is 4.99 Å². The summed E-state index contributed by atoms with van der Waals surface area (Å²) in [5, 5.41) is 15.5. The van der Waals surface area contributed by atoms with Gasteiger partial charge in [0.25, 0.3) is 0 Å². The highest BCUT2D eigenvalue weighted by Gasteiger charge is 2.34. The molecule has 2 aromatic carbocycles. The van der Waals surface area contributed by atoms with Gasteiger partial charge in [-0.1, -0.05) is 26.0 Å². The molecule has 33 heavy (non-hydrogen) atoms. The maximum absolute atomic E-state index is 13.5. The van der Waals surface area contributed by atoms with Crippen molar-refractivity contribution >= 4 is 23.4 Å². The zero-order chi connectivity index (χ0) is 23.4. The van der Waals surface area contributed by atoms with Crippen molar-refractivity contribution in [3.63, 3.8) is 0 Å². The van der Waals surface area contributed by atoms with E-state index in [1.165, 1.54) is 12.1 Å². The van der Waals surface area contributed by atoms with Crippen LogP contribution in [0.4, 0.5) is 20.6 Å². The largest absolute Gasteiger partial charge is 0.493 e. The summed E-state index contributed by atoms with van der Waals surface area (Å²) in [4.78, 5) is 20.7. The molecular formula is C24H27FN6O2. The second-order valence-corrected chi connectivity index (χ2v) is 8.43. The summed E-state index contributed by atoms with van der Waals surface area (Å²) in [5.41, 5.74) is 2.35. The average Bonchev–Trinajstić information content (AvgIpc) is 3.28. The van der Waals surface area contributed by atoms with Gasteiger partial charge in [-0.05, 0) is 36.2 Å². The fourth-order valence-electron chi connectivity index (χ4n) is 4.27. The number of nitriles is 1. The van der Waals surface area contributed by atoms with E-state index in [2.05, 4.69) is 34.4 Å². The number of benzene rings is 2. The van der Waals surface area contributed by atoms with Crippen LogP contribution >= 0.6 is 0 Å². The molecule has 1 atom stereocenters. The third-order valence-electron chi connectivity index (χ3n) is 5.97. The van der Waals surface area contributed by atoms with E-state index in [4.69, 9.17) is 4.74 Å². The van der Waals surface area contributed by atoms with Crippen LogP contribution in [0.15, 0.2) is 47.5 Å². The third kappa shape index (κ3) is 5.00. The predicted molar refractivity (Wildman–Crippen MR) is 125 cm³/mol. The molecule has 2 N–H and O–H groups in total. The van der Waals surface area contributed by atoms with Crippen LogP contribution in [0.3, 0.4) is 0 Å². The molecule has 0 radical (unpaired) electrons. The monoisotopic (exact) mass is 450 g/mol. The molecule has 8 nitrogen and oxygen atoms in total. The number of urea groups is 1. The zero-order valence-electron chi connectivity index (χ0n) is 18.7. The van der Waals surface area contributed by atoms with E-state index in [0.717, 1.165) is 23.4 Å². The Morgan fingerprint density at radius 1 is 1.24 bits per heavy atom. The molecule has 0 aromatic heterocycles. The Morgan fingerprint density at radius 2 is 2.06 bits per heavy atom. The highest BCUT2D eigenvalue weighted by atomic mass is 19.1. The van der Waals surface area contributed by atoms with Gasteiger partial charge in [0.2, 0.25) is 12.2 Å². The first-order valence-electron chi connectivity index (χ1n) is 11.0. The lowest BCUT2D eigenvalue weighted by atomic mass is 10.00. The predicted octanol–water partition coefficient (Wildman–Crippen LogP) is 3.88. The Bertz CT molecular complexity index is 1100. The van der Waals surface area contributed by atoms with E-state index in [9.17, 15) is 14.4 Å². The van der Waals surface area contributed by atoms with E-state index in [-0.39, 0.29) is 18.0 Å². The molecule has 2 aliphatic rings. The summed E-state index contributed by atoms with van der Waals surface area (Å²) < 4.78 is 19.1. The van der Waals surface area contributed by atoms with Gasteiger partial charge in [-0.2, -0.15) is 5.26 Å². The SMILES string of the molecule is CC(C)C1CN(C(=O)Nc2cccc(F)c2)CCN1/C(=N\C#N)Nc1cccc2c1CCO2. The third-order valence-corrected chi connectivity index (χ3v) is 5.97. The Hall–Kier alpha value is -3.80. The molecule has 0 aliphatic carbocycles. The van der Waals surface area contributed by atoms with Crippen LogP contribution < -0.4 is 15.4 Å². The highest BCUT2D eigenvalue weighted by molar-refractivity contribution is 5.96. The second-order valence-electron chi connectivity index (χ2n) is 8.43. The summed E-state index contributed by atoms with van der Waals surface area (Å²) in [6.07, 6.45) is 2.70. The molecule has 2 aliphatic heterocycles. The topological polar surface area (TPSA) is 93.0 Å². The summed E-state index contributed by atoms with van der Waals surface area (Å²) in [7, 11) is 0. The van der Waals surface area contributed by atoms with Gasteiger partial charge in [0.1, 0.15) is 11.6 Å². The van der Waals surface area contributed by atoms with Crippen molar-refractivity contribution in [2.24, 2.45) is 10.9 Å². The molecular weight excluding hydrogens is 423 g/mol. The Kier molecular flexibility index (Phi) is 6.63. The Balaban J connectivity index is 1.50. The summed E-state index contributed by atoms with van der Waals surface area (Å²) in [5.74, 6) is 1.08. The van der Waals surface area contributed by atoms with Crippen molar-refractivity contribution in [3.8, 4) is 11.9 Å². The number of aliphatic imine (C=N–C) groups is 1. The summed E-state index contributed by atoms with van der Waals surface area (Å²) in [6, 6.07) is 11.3. The first-order valence-corrected chi connectivity index (χ1v) is 11.0. The van der Waals surface area contributed by atoms with Crippen molar-refractivity contribution in [1.29, 1.82) is 5.26 Å². The number of rotatable bonds is 3. The van der Waals surface area contributed by atoms with Crippen LogP contribution in [-0.4, -0.2) is 54.1 Å². The van der Waals surface area contributed by atoms with Crippen molar-refractivity contribution in [2.75, 3.05) is 36.9 Å². The number of anilines is 2. The summed E-state index contributed by atoms with van der Waals surface area (Å²) in [6.45, 7) is 6.16. The van der Waals surface area contributed by atoms with Gasteiger partial charge < -0.3 is 25.2 Å². The number of carbonyl (C=O) groups is 1. The van der Waals surface area contributed by atoms with Crippen molar-refractivity contribution < 1.29 is 13.9 Å². The Morgan fingerprint density at radius 3 is 2.82 bits per heavy atom. The fraction of sp³-hybridized carbons (Fsp3) is 0.375. The maximum atomic E-state index is 13.5. The first kappa shape index (κ1) is 22.4. The van der Waals surface area contributed by atoms with Gasteiger partial charge in [0, 0.05) is 43.0 Å². The van der Waals surface area contributed by atoms with Crippen LogP contribution in [0.25, 0.3) is 0 Å². The minimum Gasteiger partial charge on any atom is -0.493 e. The molecule has 2 heterocycles. The molecule has 2 amide bonds. The van der Waals surface area contributed by atoms with Crippen LogP contribution in [0.2, 0.25) is 0 Å². The number of nitrogens with zero attached hydrogens (tertiary/aromatic N) is 4. The average molecular weight is 451 g/mol. The molecule has 2 aromatic rings. The molecule has 172 valence electrons. The van der Waals surface area contributed by atoms with E-state index >= 15 is 0 Å². The number of hydrogen-bond acceptors (Lipinski definition) is 4. The van der Waals surface area contributed by atoms with Crippen LogP contribution in [0.1, 0.15) is 19.4 Å². The number of guanidine groups is 1. The normalized spacial score (nSPS) is 17.9. The number of carbonyl (C=O) groups excluding carboxylic acids is 1.